The molecule has 1 aliphatic rings. The van der Waals surface area contributed by atoms with Crippen LogP contribution < -0.4 is 5.32 Å². The molecule has 0 saturated carbocycles. The van der Waals surface area contributed by atoms with Gasteiger partial charge in [0.2, 0.25) is 5.91 Å². The van der Waals surface area contributed by atoms with Crippen LogP contribution in [0.5, 0.6) is 0 Å². The normalized spacial score (nSPS) is 19.1. The number of nitrogens with zero attached hydrogens (tertiary/aromatic N) is 1. The van der Waals surface area contributed by atoms with Gasteiger partial charge in [-0.05, 0) is 25.8 Å². The maximum absolute atomic E-state index is 11.4. The highest BCUT2D eigenvalue weighted by atomic mass is 16.3. The molecule has 0 aromatic rings. The minimum atomic E-state index is 0.0824. The molecule has 1 amide bonds. The van der Waals surface area contributed by atoms with E-state index in [1.165, 1.54) is 0 Å². The van der Waals surface area contributed by atoms with Crippen LogP contribution >= 0.6 is 0 Å². The summed E-state index contributed by atoms with van der Waals surface area (Å²) in [5, 5.41) is 11.6. The number of hydrogen-bond acceptors (Lipinski definition) is 3. The summed E-state index contributed by atoms with van der Waals surface area (Å²) < 4.78 is 0. The summed E-state index contributed by atoms with van der Waals surface area (Å²) in [4.78, 5) is 13.8. The van der Waals surface area contributed by atoms with Gasteiger partial charge in [-0.2, -0.15) is 0 Å². The Morgan fingerprint density at radius 1 is 1.47 bits per heavy atom. The summed E-state index contributed by atoms with van der Waals surface area (Å²) in [6.45, 7) is 5.54. The number of carbonyl (C=O) groups is 1. The van der Waals surface area contributed by atoms with Crippen molar-refractivity contribution in [2.75, 3.05) is 26.2 Å². The average molecular weight is 214 g/mol. The summed E-state index contributed by atoms with van der Waals surface area (Å²) in [5.41, 5.74) is 0. The van der Waals surface area contributed by atoms with Crippen molar-refractivity contribution >= 4 is 5.91 Å². The standard InChI is InChI=1S/C11H22N2O2/c1-2-13-7-5-10(6-8-13)12-11(15)4-3-9-14/h10,14H,2-9H2,1H3,(H,12,15). The molecular weight excluding hydrogens is 192 g/mol. The first-order valence-electron chi connectivity index (χ1n) is 5.88. The monoisotopic (exact) mass is 214 g/mol. The lowest BCUT2D eigenvalue weighted by Gasteiger charge is -2.31. The summed E-state index contributed by atoms with van der Waals surface area (Å²) >= 11 is 0. The number of aliphatic hydroxyl groups excluding tert-OH is 1. The second-order valence-electron chi connectivity index (χ2n) is 4.10. The van der Waals surface area contributed by atoms with Gasteiger partial charge in [0.15, 0.2) is 0 Å². The van der Waals surface area contributed by atoms with Crippen LogP contribution in [-0.4, -0.2) is 48.2 Å². The predicted octanol–water partition coefficient (Wildman–Crippen LogP) is 0.359. The van der Waals surface area contributed by atoms with Crippen molar-refractivity contribution in [2.45, 2.75) is 38.6 Å². The first kappa shape index (κ1) is 12.5. The van der Waals surface area contributed by atoms with E-state index in [4.69, 9.17) is 5.11 Å². The van der Waals surface area contributed by atoms with Gasteiger partial charge >= 0.3 is 0 Å². The molecule has 1 saturated heterocycles. The van der Waals surface area contributed by atoms with Crippen LogP contribution in [0.1, 0.15) is 32.6 Å². The van der Waals surface area contributed by atoms with Crippen molar-refractivity contribution < 1.29 is 9.90 Å². The molecule has 4 heteroatoms. The second-order valence-corrected chi connectivity index (χ2v) is 4.10. The molecule has 1 fully saturated rings. The summed E-state index contributed by atoms with van der Waals surface area (Å²) in [6, 6.07) is 0.346. The van der Waals surface area contributed by atoms with Crippen LogP contribution in [0, 0.1) is 0 Å². The van der Waals surface area contributed by atoms with Crippen LogP contribution in [0.4, 0.5) is 0 Å². The number of carbonyl (C=O) groups excluding carboxylic acids is 1. The molecule has 4 nitrogen and oxygen atoms in total. The SMILES string of the molecule is CCN1CCC(NC(=O)CCCO)CC1. The fourth-order valence-corrected chi connectivity index (χ4v) is 1.93. The first-order valence-corrected chi connectivity index (χ1v) is 5.88. The van der Waals surface area contributed by atoms with E-state index in [1.807, 2.05) is 0 Å². The zero-order valence-corrected chi connectivity index (χ0v) is 9.54. The van der Waals surface area contributed by atoms with Gasteiger partial charge in [-0.15, -0.1) is 0 Å². The highest BCUT2D eigenvalue weighted by molar-refractivity contribution is 5.76. The molecule has 15 heavy (non-hydrogen) atoms. The first-order chi connectivity index (χ1) is 7.26. The third-order valence-electron chi connectivity index (χ3n) is 2.96. The Balaban J connectivity index is 2.15. The lowest BCUT2D eigenvalue weighted by molar-refractivity contribution is -0.122. The second kappa shape index (κ2) is 6.80. The number of nitrogens with one attached hydrogen (secondary N) is 1. The molecule has 0 aliphatic carbocycles. The van der Waals surface area contributed by atoms with Gasteiger partial charge in [0.25, 0.3) is 0 Å². The minimum absolute atomic E-state index is 0.0824. The molecule has 2 N–H and O–H groups in total. The summed E-state index contributed by atoms with van der Waals surface area (Å²) in [5.74, 6) is 0.0824. The van der Waals surface area contributed by atoms with Crippen LogP contribution in [0.2, 0.25) is 0 Å². The van der Waals surface area contributed by atoms with Crippen molar-refractivity contribution in [2.24, 2.45) is 0 Å². The van der Waals surface area contributed by atoms with Crippen molar-refractivity contribution in [3.63, 3.8) is 0 Å². The fraction of sp³-hybridized carbons (Fsp3) is 0.909. The van der Waals surface area contributed by atoms with Gasteiger partial charge in [-0.3, -0.25) is 4.79 Å². The van der Waals surface area contributed by atoms with Crippen molar-refractivity contribution in [1.82, 2.24) is 10.2 Å². The van der Waals surface area contributed by atoms with Gasteiger partial charge in [0.05, 0.1) is 0 Å². The van der Waals surface area contributed by atoms with E-state index in [9.17, 15) is 4.79 Å². The van der Waals surface area contributed by atoms with E-state index >= 15 is 0 Å². The maximum atomic E-state index is 11.4. The van der Waals surface area contributed by atoms with E-state index in [2.05, 4.69) is 17.1 Å². The van der Waals surface area contributed by atoms with E-state index < -0.39 is 0 Å². The van der Waals surface area contributed by atoms with Gasteiger partial charge in [0.1, 0.15) is 0 Å². The maximum Gasteiger partial charge on any atom is 0.220 e. The minimum Gasteiger partial charge on any atom is -0.396 e. The molecule has 0 aromatic carbocycles. The number of aliphatic hydroxyl groups is 1. The van der Waals surface area contributed by atoms with E-state index in [1.54, 1.807) is 0 Å². The van der Waals surface area contributed by atoms with Gasteiger partial charge < -0.3 is 15.3 Å². The third kappa shape index (κ3) is 4.62. The lowest BCUT2D eigenvalue weighted by atomic mass is 10.0. The van der Waals surface area contributed by atoms with E-state index in [0.717, 1.165) is 32.5 Å². The van der Waals surface area contributed by atoms with Crippen LogP contribution in [-0.2, 0) is 4.79 Å². The fourth-order valence-electron chi connectivity index (χ4n) is 1.93. The zero-order valence-electron chi connectivity index (χ0n) is 9.54. The highest BCUT2D eigenvalue weighted by Gasteiger charge is 2.18. The van der Waals surface area contributed by atoms with Crippen molar-refractivity contribution in [1.29, 1.82) is 0 Å². The quantitative estimate of drug-likeness (QED) is 0.695. The van der Waals surface area contributed by atoms with Gasteiger partial charge in [-0.1, -0.05) is 6.92 Å². The topological polar surface area (TPSA) is 52.6 Å². The Morgan fingerprint density at radius 3 is 2.67 bits per heavy atom. The lowest BCUT2D eigenvalue weighted by Crippen LogP contribution is -2.44. The van der Waals surface area contributed by atoms with E-state index in [-0.39, 0.29) is 12.5 Å². The Hall–Kier alpha value is -0.610. The van der Waals surface area contributed by atoms with Crippen LogP contribution in [0.3, 0.4) is 0 Å². The molecule has 88 valence electrons. The van der Waals surface area contributed by atoms with Crippen LogP contribution in [0.25, 0.3) is 0 Å². The number of hydrogen-bond donors (Lipinski definition) is 2. The van der Waals surface area contributed by atoms with Crippen molar-refractivity contribution in [3.8, 4) is 0 Å². The van der Waals surface area contributed by atoms with Crippen LogP contribution in [0.15, 0.2) is 0 Å². The molecule has 0 bridgehead atoms. The molecule has 1 heterocycles. The Kier molecular flexibility index (Phi) is 5.65. The van der Waals surface area contributed by atoms with E-state index in [0.29, 0.717) is 18.9 Å². The number of likely N-dealkylation sites (tertiary alicyclic amines) is 1. The number of piperidine rings is 1. The Labute approximate surface area is 91.6 Å². The Morgan fingerprint density at radius 2 is 2.13 bits per heavy atom. The highest BCUT2D eigenvalue weighted by Crippen LogP contribution is 2.09. The largest absolute Gasteiger partial charge is 0.396 e. The molecule has 0 spiro atoms. The zero-order chi connectivity index (χ0) is 11.1. The summed E-state index contributed by atoms with van der Waals surface area (Å²) in [7, 11) is 0. The Bertz CT molecular complexity index is 189. The molecule has 0 aromatic heterocycles. The molecule has 1 aliphatic heterocycles. The van der Waals surface area contributed by atoms with Gasteiger partial charge in [0, 0.05) is 32.2 Å². The average Bonchev–Trinajstić information content (AvgIpc) is 2.27. The molecule has 0 atom stereocenters. The molecular formula is C11H22N2O2. The molecule has 1 rings (SSSR count). The molecule has 0 radical (unpaired) electrons. The smallest absolute Gasteiger partial charge is 0.220 e. The third-order valence-corrected chi connectivity index (χ3v) is 2.96. The summed E-state index contributed by atoms with van der Waals surface area (Å²) in [6.07, 6.45) is 3.13. The van der Waals surface area contributed by atoms with Gasteiger partial charge in [-0.25, -0.2) is 0 Å². The number of rotatable bonds is 5. The molecule has 0 unspecified atom stereocenters. The van der Waals surface area contributed by atoms with Crippen molar-refractivity contribution in [3.05, 3.63) is 0 Å². The number of amides is 1. The predicted molar refractivity (Wildman–Crippen MR) is 59.6 cm³/mol.